The maximum atomic E-state index is 13.3. The molecule has 0 unspecified atom stereocenters. The first-order valence-electron chi connectivity index (χ1n) is 13.5. The Kier molecular flexibility index (Phi) is 7.31. The predicted octanol–water partition coefficient (Wildman–Crippen LogP) is 5.36. The van der Waals surface area contributed by atoms with Gasteiger partial charge in [-0.3, -0.25) is 9.59 Å². The molecule has 6 rings (SSSR count). The fourth-order valence-electron chi connectivity index (χ4n) is 6.25. The lowest BCUT2D eigenvalue weighted by Gasteiger charge is -2.56. The average molecular weight is 507 g/mol. The number of allylic oxidation sites excluding steroid dienone is 1. The van der Waals surface area contributed by atoms with E-state index in [0.29, 0.717) is 42.4 Å². The van der Waals surface area contributed by atoms with Crippen LogP contribution in [0.1, 0.15) is 68.5 Å². The number of ether oxygens (including phenoxy) is 2. The van der Waals surface area contributed by atoms with Crippen molar-refractivity contribution in [2.75, 3.05) is 20.3 Å². The number of hydrogen-bond acceptors (Lipinski definition) is 5. The first-order chi connectivity index (χ1) is 17.9. The quantitative estimate of drug-likeness (QED) is 0.463. The van der Waals surface area contributed by atoms with Gasteiger partial charge in [0.05, 0.1) is 20.0 Å². The van der Waals surface area contributed by atoms with E-state index in [4.69, 9.17) is 13.9 Å². The molecular weight excluding hydrogens is 468 g/mol. The van der Waals surface area contributed by atoms with E-state index in [0.717, 1.165) is 30.7 Å². The molecule has 3 atom stereocenters. The molecule has 7 nitrogen and oxygen atoms in total. The van der Waals surface area contributed by atoms with Gasteiger partial charge in [0, 0.05) is 19.5 Å². The first-order valence-corrected chi connectivity index (χ1v) is 13.5. The first kappa shape index (κ1) is 25.4. The number of benzene rings is 1. The highest BCUT2D eigenvalue weighted by Gasteiger charge is 2.50. The van der Waals surface area contributed by atoms with E-state index >= 15 is 0 Å². The molecule has 1 aromatic heterocycles. The highest BCUT2D eigenvalue weighted by molar-refractivity contribution is 5.95. The van der Waals surface area contributed by atoms with Crippen LogP contribution in [0.5, 0.6) is 11.5 Å². The van der Waals surface area contributed by atoms with Crippen LogP contribution in [-0.2, 0) is 11.3 Å². The number of nitrogens with one attached hydrogen (secondary N) is 1. The van der Waals surface area contributed by atoms with Gasteiger partial charge in [-0.05, 0) is 79.2 Å². The summed E-state index contributed by atoms with van der Waals surface area (Å²) in [4.78, 5) is 27.8. The van der Waals surface area contributed by atoms with E-state index in [2.05, 4.69) is 25.2 Å². The maximum Gasteiger partial charge on any atom is 0.290 e. The second-order valence-electron chi connectivity index (χ2n) is 11.1. The Bertz CT molecular complexity index is 1150. The Morgan fingerprint density at radius 1 is 1.22 bits per heavy atom. The fraction of sp³-hybridized carbons (Fsp3) is 0.533. The molecule has 1 aromatic carbocycles. The van der Waals surface area contributed by atoms with E-state index in [1.54, 1.807) is 24.1 Å². The van der Waals surface area contributed by atoms with Crippen LogP contribution in [0.4, 0.5) is 0 Å². The molecule has 4 aliphatic rings. The van der Waals surface area contributed by atoms with Crippen LogP contribution in [0.3, 0.4) is 0 Å². The van der Waals surface area contributed by atoms with Crippen molar-refractivity contribution in [2.45, 2.75) is 65.0 Å². The minimum Gasteiger partial charge on any atom is -0.493 e. The third kappa shape index (κ3) is 5.13. The monoisotopic (exact) mass is 506 g/mol. The van der Waals surface area contributed by atoms with Crippen LogP contribution in [-0.4, -0.2) is 43.0 Å². The van der Waals surface area contributed by atoms with E-state index in [1.807, 2.05) is 18.2 Å². The largest absolute Gasteiger partial charge is 0.493 e. The van der Waals surface area contributed by atoms with E-state index in [9.17, 15) is 9.59 Å². The molecule has 0 radical (unpaired) electrons. The van der Waals surface area contributed by atoms with Gasteiger partial charge < -0.3 is 24.1 Å². The van der Waals surface area contributed by atoms with Gasteiger partial charge in [-0.25, -0.2) is 0 Å². The summed E-state index contributed by atoms with van der Waals surface area (Å²) in [5.41, 5.74) is 2.80. The molecule has 0 spiro atoms. The Morgan fingerprint density at radius 2 is 2.08 bits per heavy atom. The van der Waals surface area contributed by atoms with Crippen molar-refractivity contribution < 1.29 is 23.5 Å². The molecule has 2 bridgehead atoms. The molecule has 1 saturated carbocycles. The summed E-state index contributed by atoms with van der Waals surface area (Å²) < 4.78 is 17.2. The Hall–Kier alpha value is -3.22. The molecule has 2 aromatic rings. The van der Waals surface area contributed by atoms with Crippen molar-refractivity contribution >= 4 is 11.8 Å². The van der Waals surface area contributed by atoms with Crippen molar-refractivity contribution in [2.24, 2.45) is 17.3 Å². The van der Waals surface area contributed by atoms with Crippen LogP contribution in [0.25, 0.3) is 0 Å². The van der Waals surface area contributed by atoms with Gasteiger partial charge >= 0.3 is 0 Å². The number of methoxy groups -OCH3 is 1. The summed E-state index contributed by atoms with van der Waals surface area (Å²) >= 11 is 0. The lowest BCUT2D eigenvalue weighted by molar-refractivity contribution is -0.125. The molecule has 3 aliphatic carbocycles. The average Bonchev–Trinajstić information content (AvgIpc) is 3.36. The number of rotatable bonds is 9. The SMILES string of the molecule is COc1cc(CN(C(=O)c2ccco2)[C@H]2CCCCNC2=O)ccc1OCCC1=CC[C@H]2C[C@@H]1C2(C)C. The Morgan fingerprint density at radius 3 is 2.81 bits per heavy atom. The number of carbonyl (C=O) groups is 2. The highest BCUT2D eigenvalue weighted by Crippen LogP contribution is 2.59. The molecule has 37 heavy (non-hydrogen) atoms. The molecule has 1 saturated heterocycles. The van der Waals surface area contributed by atoms with Crippen molar-refractivity contribution in [3.05, 3.63) is 59.6 Å². The number of hydrogen-bond donors (Lipinski definition) is 1. The summed E-state index contributed by atoms with van der Waals surface area (Å²) in [5.74, 6) is 2.62. The van der Waals surface area contributed by atoms with E-state index in [-0.39, 0.29) is 24.1 Å². The van der Waals surface area contributed by atoms with Crippen molar-refractivity contribution in [3.8, 4) is 11.5 Å². The molecule has 2 fully saturated rings. The van der Waals surface area contributed by atoms with Gasteiger partial charge in [0.15, 0.2) is 17.3 Å². The fourth-order valence-corrected chi connectivity index (χ4v) is 6.25. The number of furan rings is 1. The number of carbonyl (C=O) groups excluding carboxylic acids is 2. The number of fused-ring (bicyclic) bond motifs is 1. The van der Waals surface area contributed by atoms with Gasteiger partial charge in [0.25, 0.3) is 5.91 Å². The van der Waals surface area contributed by atoms with E-state index < -0.39 is 6.04 Å². The topological polar surface area (TPSA) is 81.0 Å². The van der Waals surface area contributed by atoms with E-state index in [1.165, 1.54) is 24.7 Å². The van der Waals surface area contributed by atoms with Gasteiger partial charge in [-0.15, -0.1) is 0 Å². The van der Waals surface area contributed by atoms with Crippen LogP contribution in [0.2, 0.25) is 0 Å². The lowest BCUT2D eigenvalue weighted by atomic mass is 9.48. The summed E-state index contributed by atoms with van der Waals surface area (Å²) in [7, 11) is 1.62. The molecule has 2 heterocycles. The minimum absolute atomic E-state index is 0.123. The van der Waals surface area contributed by atoms with Gasteiger partial charge in [-0.1, -0.05) is 31.6 Å². The van der Waals surface area contributed by atoms with Crippen LogP contribution >= 0.6 is 0 Å². The summed E-state index contributed by atoms with van der Waals surface area (Å²) in [6, 6.07) is 8.49. The summed E-state index contributed by atoms with van der Waals surface area (Å²) in [6.07, 6.45) is 9.70. The second-order valence-corrected chi connectivity index (χ2v) is 11.1. The highest BCUT2D eigenvalue weighted by atomic mass is 16.5. The minimum atomic E-state index is -0.554. The molecular formula is C30H38N2O5. The zero-order chi connectivity index (χ0) is 26.0. The third-order valence-electron chi connectivity index (χ3n) is 8.69. The van der Waals surface area contributed by atoms with Crippen LogP contribution < -0.4 is 14.8 Å². The zero-order valence-corrected chi connectivity index (χ0v) is 22.1. The number of nitrogens with zero attached hydrogens (tertiary/aromatic N) is 1. The van der Waals surface area contributed by atoms with Crippen LogP contribution in [0.15, 0.2) is 52.7 Å². The van der Waals surface area contributed by atoms with Crippen molar-refractivity contribution in [3.63, 3.8) is 0 Å². The maximum absolute atomic E-state index is 13.3. The van der Waals surface area contributed by atoms with Gasteiger partial charge in [0.1, 0.15) is 6.04 Å². The molecule has 2 amide bonds. The third-order valence-corrected chi connectivity index (χ3v) is 8.69. The van der Waals surface area contributed by atoms with Gasteiger partial charge in [-0.2, -0.15) is 0 Å². The number of amides is 2. The molecule has 1 aliphatic heterocycles. The van der Waals surface area contributed by atoms with Crippen molar-refractivity contribution in [1.29, 1.82) is 0 Å². The predicted molar refractivity (Wildman–Crippen MR) is 140 cm³/mol. The Balaban J connectivity index is 1.28. The molecule has 198 valence electrons. The Labute approximate surface area is 219 Å². The molecule has 7 heteroatoms. The standard InChI is InChI=1S/C30H38N2O5/c1-30(2)22-11-10-21(23(30)18-22)13-16-37-25-12-9-20(17-27(25)35-3)19-32(29(34)26-8-6-15-36-26)24-7-4-5-14-31-28(24)33/h6,8-10,12,15,17,22-24H,4-5,7,11,13-14,16,18-19H2,1-3H3,(H,31,33)/t22-,23-,24-/m0/s1. The second kappa shape index (κ2) is 10.6. The molecule has 1 N–H and O–H groups in total. The smallest absolute Gasteiger partial charge is 0.290 e. The lowest BCUT2D eigenvalue weighted by Crippen LogP contribution is -2.48. The van der Waals surface area contributed by atoms with Crippen LogP contribution in [0, 0.1) is 17.3 Å². The normalized spacial score (nSPS) is 24.2. The zero-order valence-electron chi connectivity index (χ0n) is 22.1. The summed E-state index contributed by atoms with van der Waals surface area (Å²) in [6.45, 7) is 6.27. The van der Waals surface area contributed by atoms with Crippen molar-refractivity contribution in [1.82, 2.24) is 10.2 Å². The summed E-state index contributed by atoms with van der Waals surface area (Å²) in [5, 5.41) is 2.94. The van der Waals surface area contributed by atoms with Gasteiger partial charge in [0.2, 0.25) is 5.91 Å².